The van der Waals surface area contributed by atoms with E-state index >= 15 is 0 Å². The van der Waals surface area contributed by atoms with Gasteiger partial charge in [0, 0.05) is 18.6 Å². The first-order chi connectivity index (χ1) is 6.32. The van der Waals surface area contributed by atoms with Crippen molar-refractivity contribution in [1.82, 2.24) is 0 Å². The number of nitrogens with two attached hydrogens (primary N) is 1. The number of nitrogen functional groups attached to an aromatic ring is 1. The Labute approximate surface area is 78.5 Å². The number of benzene rings is 1. The fourth-order valence-electron chi connectivity index (χ4n) is 0.975. The number of hydrogen-bond donors (Lipinski definition) is 1. The highest BCUT2D eigenvalue weighted by Crippen LogP contribution is 2.32. The predicted octanol–water partition coefficient (Wildman–Crippen LogP) is 2.29. The molecule has 0 saturated heterocycles. The summed E-state index contributed by atoms with van der Waals surface area (Å²) in [5.74, 6) is -3.10. The van der Waals surface area contributed by atoms with E-state index in [0.717, 1.165) is 18.2 Å². The summed E-state index contributed by atoms with van der Waals surface area (Å²) in [5, 5.41) is 10.4. The van der Waals surface area contributed by atoms with Gasteiger partial charge in [-0.2, -0.15) is 0 Å². The molecule has 0 aliphatic heterocycles. The average Bonchev–Trinajstić information content (AvgIpc) is 2.02. The van der Waals surface area contributed by atoms with Crippen molar-refractivity contribution in [3.05, 3.63) is 33.9 Å². The number of nitro benzene ring substituents is 1. The Morgan fingerprint density at radius 3 is 2.50 bits per heavy atom. The Balaban J connectivity index is 3.27. The van der Waals surface area contributed by atoms with Crippen molar-refractivity contribution in [3.63, 3.8) is 0 Å². The Morgan fingerprint density at radius 2 is 2.07 bits per heavy atom. The molecule has 14 heavy (non-hydrogen) atoms. The molecular weight excluding hydrogens is 194 g/mol. The van der Waals surface area contributed by atoms with Crippen LogP contribution in [-0.2, 0) is 5.92 Å². The van der Waals surface area contributed by atoms with Crippen molar-refractivity contribution in [1.29, 1.82) is 0 Å². The Hall–Kier alpha value is -1.72. The normalized spacial score (nSPS) is 11.4. The first-order valence-corrected chi connectivity index (χ1v) is 3.74. The molecule has 0 heterocycles. The SMILES string of the molecule is CC(F)(F)c1ccc(N)c([N+](=O)[O-])c1. The second-order valence-corrected chi connectivity index (χ2v) is 2.92. The minimum atomic E-state index is -3.10. The second-order valence-electron chi connectivity index (χ2n) is 2.92. The van der Waals surface area contributed by atoms with E-state index in [9.17, 15) is 18.9 Å². The van der Waals surface area contributed by atoms with E-state index in [-0.39, 0.29) is 5.69 Å². The highest BCUT2D eigenvalue weighted by atomic mass is 19.3. The minimum Gasteiger partial charge on any atom is -0.393 e. The lowest BCUT2D eigenvalue weighted by atomic mass is 10.1. The number of rotatable bonds is 2. The molecule has 2 N–H and O–H groups in total. The van der Waals surface area contributed by atoms with Gasteiger partial charge in [0.25, 0.3) is 11.6 Å². The van der Waals surface area contributed by atoms with Crippen molar-refractivity contribution in [2.24, 2.45) is 0 Å². The number of halogens is 2. The molecule has 0 bridgehead atoms. The Kier molecular flexibility index (Phi) is 2.37. The third kappa shape index (κ3) is 1.95. The number of anilines is 1. The van der Waals surface area contributed by atoms with E-state index in [1.807, 2.05) is 0 Å². The highest BCUT2D eigenvalue weighted by Gasteiger charge is 2.27. The van der Waals surface area contributed by atoms with E-state index < -0.39 is 22.1 Å². The van der Waals surface area contributed by atoms with Crippen LogP contribution in [0.25, 0.3) is 0 Å². The summed E-state index contributed by atoms with van der Waals surface area (Å²) in [6.07, 6.45) is 0. The van der Waals surface area contributed by atoms with Crippen molar-refractivity contribution in [3.8, 4) is 0 Å². The lowest BCUT2D eigenvalue weighted by molar-refractivity contribution is -0.384. The average molecular weight is 202 g/mol. The summed E-state index contributed by atoms with van der Waals surface area (Å²) in [6.45, 7) is 0.669. The summed E-state index contributed by atoms with van der Waals surface area (Å²) in [7, 11) is 0. The first-order valence-electron chi connectivity index (χ1n) is 3.74. The molecule has 0 atom stereocenters. The molecule has 6 heteroatoms. The topological polar surface area (TPSA) is 69.2 Å². The Morgan fingerprint density at radius 1 is 1.50 bits per heavy atom. The second kappa shape index (κ2) is 3.21. The van der Waals surface area contributed by atoms with Crippen LogP contribution in [0.3, 0.4) is 0 Å². The summed E-state index contributed by atoms with van der Waals surface area (Å²) in [6, 6.07) is 2.96. The van der Waals surface area contributed by atoms with E-state index in [2.05, 4.69) is 0 Å². The van der Waals surface area contributed by atoms with Crippen LogP contribution in [0.15, 0.2) is 18.2 Å². The summed E-state index contributed by atoms with van der Waals surface area (Å²) in [4.78, 5) is 9.59. The molecule has 0 amide bonds. The maximum absolute atomic E-state index is 12.8. The summed E-state index contributed by atoms with van der Waals surface area (Å²) >= 11 is 0. The summed E-state index contributed by atoms with van der Waals surface area (Å²) in [5.41, 5.74) is 4.21. The summed E-state index contributed by atoms with van der Waals surface area (Å²) < 4.78 is 25.5. The predicted molar refractivity (Wildman–Crippen MR) is 47.1 cm³/mol. The fraction of sp³-hybridized carbons (Fsp3) is 0.250. The van der Waals surface area contributed by atoms with Gasteiger partial charge in [0.05, 0.1) is 4.92 Å². The van der Waals surface area contributed by atoms with Gasteiger partial charge in [-0.15, -0.1) is 0 Å². The zero-order valence-electron chi connectivity index (χ0n) is 7.33. The zero-order valence-corrected chi connectivity index (χ0v) is 7.33. The fourth-order valence-corrected chi connectivity index (χ4v) is 0.975. The van der Waals surface area contributed by atoms with Gasteiger partial charge in [0.2, 0.25) is 0 Å². The lowest BCUT2D eigenvalue weighted by Gasteiger charge is -2.10. The van der Waals surface area contributed by atoms with Crippen LogP contribution in [-0.4, -0.2) is 4.92 Å². The molecule has 0 aliphatic rings. The third-order valence-corrected chi connectivity index (χ3v) is 1.73. The molecule has 0 aromatic heterocycles. The largest absolute Gasteiger partial charge is 0.393 e. The molecule has 1 aromatic rings. The van der Waals surface area contributed by atoms with Crippen LogP contribution >= 0.6 is 0 Å². The molecule has 76 valence electrons. The van der Waals surface area contributed by atoms with Crippen LogP contribution in [0, 0.1) is 10.1 Å². The number of nitrogens with zero attached hydrogens (tertiary/aromatic N) is 1. The van der Waals surface area contributed by atoms with Crippen LogP contribution in [0.1, 0.15) is 12.5 Å². The van der Waals surface area contributed by atoms with E-state index in [1.165, 1.54) is 0 Å². The molecule has 0 unspecified atom stereocenters. The molecule has 4 nitrogen and oxygen atoms in total. The molecule has 0 fully saturated rings. The molecule has 1 rings (SSSR count). The number of nitro groups is 1. The van der Waals surface area contributed by atoms with Gasteiger partial charge in [0.1, 0.15) is 5.69 Å². The number of hydrogen-bond acceptors (Lipinski definition) is 3. The first kappa shape index (κ1) is 10.4. The lowest BCUT2D eigenvalue weighted by Crippen LogP contribution is -2.08. The Bertz CT molecular complexity index is 374. The third-order valence-electron chi connectivity index (χ3n) is 1.73. The highest BCUT2D eigenvalue weighted by molar-refractivity contribution is 5.59. The molecular formula is C8H8F2N2O2. The molecule has 0 saturated carbocycles. The van der Waals surface area contributed by atoms with E-state index in [0.29, 0.717) is 6.92 Å². The molecule has 0 radical (unpaired) electrons. The molecule has 0 aliphatic carbocycles. The smallest absolute Gasteiger partial charge is 0.292 e. The van der Waals surface area contributed by atoms with Crippen molar-refractivity contribution < 1.29 is 13.7 Å². The van der Waals surface area contributed by atoms with Crippen LogP contribution in [0.4, 0.5) is 20.2 Å². The quantitative estimate of drug-likeness (QED) is 0.454. The van der Waals surface area contributed by atoms with Gasteiger partial charge in [-0.25, -0.2) is 8.78 Å². The van der Waals surface area contributed by atoms with Gasteiger partial charge >= 0.3 is 0 Å². The van der Waals surface area contributed by atoms with Crippen molar-refractivity contribution in [2.75, 3.05) is 5.73 Å². The van der Waals surface area contributed by atoms with Gasteiger partial charge in [0.15, 0.2) is 0 Å². The van der Waals surface area contributed by atoms with Crippen LogP contribution in [0.5, 0.6) is 0 Å². The standard InChI is InChI=1S/C8H8F2N2O2/c1-8(9,10)5-2-3-6(11)7(4-5)12(13)14/h2-4H,11H2,1H3. The van der Waals surface area contributed by atoms with Gasteiger partial charge in [-0.05, 0) is 6.07 Å². The van der Waals surface area contributed by atoms with Gasteiger partial charge in [-0.3, -0.25) is 10.1 Å². The zero-order chi connectivity index (χ0) is 10.9. The van der Waals surface area contributed by atoms with Crippen molar-refractivity contribution >= 4 is 11.4 Å². The van der Waals surface area contributed by atoms with Crippen LogP contribution in [0.2, 0.25) is 0 Å². The van der Waals surface area contributed by atoms with E-state index in [1.54, 1.807) is 0 Å². The van der Waals surface area contributed by atoms with Gasteiger partial charge < -0.3 is 5.73 Å². The van der Waals surface area contributed by atoms with Crippen LogP contribution < -0.4 is 5.73 Å². The monoisotopic (exact) mass is 202 g/mol. The number of alkyl halides is 2. The maximum Gasteiger partial charge on any atom is 0.292 e. The molecule has 1 aromatic carbocycles. The maximum atomic E-state index is 12.8. The van der Waals surface area contributed by atoms with Crippen molar-refractivity contribution in [2.45, 2.75) is 12.8 Å². The minimum absolute atomic E-state index is 0.122. The molecule has 0 spiro atoms. The van der Waals surface area contributed by atoms with Gasteiger partial charge in [-0.1, -0.05) is 6.07 Å². The van der Waals surface area contributed by atoms with E-state index in [4.69, 9.17) is 5.73 Å².